The first-order chi connectivity index (χ1) is 13.1. The molecule has 2 aromatic rings. The number of rotatable bonds is 5. The Balaban J connectivity index is 1.39. The van der Waals surface area contributed by atoms with Crippen LogP contribution >= 0.6 is 0 Å². The topological polar surface area (TPSA) is 41.4 Å². The summed E-state index contributed by atoms with van der Waals surface area (Å²) in [6.07, 6.45) is 6.07. The third kappa shape index (κ3) is 4.24. The number of likely N-dealkylation sites (tertiary alicyclic amines) is 2. The summed E-state index contributed by atoms with van der Waals surface area (Å²) in [5.74, 6) is 0.314. The molecule has 0 bridgehead atoms. The number of amides is 1. The van der Waals surface area contributed by atoms with E-state index in [9.17, 15) is 4.79 Å². The summed E-state index contributed by atoms with van der Waals surface area (Å²) in [6, 6.07) is 12.4. The van der Waals surface area contributed by atoms with E-state index < -0.39 is 0 Å². The molecule has 27 heavy (non-hydrogen) atoms. The van der Waals surface area contributed by atoms with Crippen molar-refractivity contribution in [3.63, 3.8) is 0 Å². The molecule has 4 rings (SSSR count). The monoisotopic (exact) mass is 366 g/mol. The summed E-state index contributed by atoms with van der Waals surface area (Å²) in [7, 11) is 0. The van der Waals surface area contributed by atoms with Crippen LogP contribution in [0.25, 0.3) is 0 Å². The van der Waals surface area contributed by atoms with Crippen LogP contribution in [-0.2, 0) is 17.9 Å². The van der Waals surface area contributed by atoms with Crippen LogP contribution in [0.4, 0.5) is 0 Å². The van der Waals surface area contributed by atoms with E-state index in [2.05, 4.69) is 56.8 Å². The lowest BCUT2D eigenvalue weighted by molar-refractivity contribution is -0.140. The molecule has 0 radical (unpaired) electrons. The van der Waals surface area contributed by atoms with E-state index in [1.165, 1.54) is 24.1 Å². The van der Waals surface area contributed by atoms with Gasteiger partial charge in [-0.05, 0) is 44.4 Å². The number of carbonyl (C=O) groups is 1. The first-order valence-corrected chi connectivity index (χ1v) is 10.2. The van der Waals surface area contributed by atoms with E-state index in [0.717, 1.165) is 45.7 Å². The quantitative estimate of drug-likeness (QED) is 0.816. The average molecular weight is 367 g/mol. The molecule has 2 fully saturated rings. The number of aryl methyl sites for hydroxylation is 1. The van der Waals surface area contributed by atoms with Crippen molar-refractivity contribution in [3.8, 4) is 0 Å². The maximum atomic E-state index is 12.5. The SMILES string of the molecule is Cc1ccnn1CCN1CCC[C@]2(CCC(=O)N(Cc3ccccc3)C2)C1. The molecule has 2 aliphatic heterocycles. The predicted molar refractivity (Wildman–Crippen MR) is 106 cm³/mol. The van der Waals surface area contributed by atoms with Gasteiger partial charge in [0.15, 0.2) is 0 Å². The number of nitrogens with zero attached hydrogens (tertiary/aromatic N) is 4. The fourth-order valence-corrected chi connectivity index (χ4v) is 4.75. The smallest absolute Gasteiger partial charge is 0.222 e. The molecule has 1 aromatic carbocycles. The summed E-state index contributed by atoms with van der Waals surface area (Å²) < 4.78 is 2.09. The number of hydrogen-bond acceptors (Lipinski definition) is 3. The van der Waals surface area contributed by atoms with Crippen LogP contribution in [0.15, 0.2) is 42.6 Å². The number of piperidine rings is 2. The van der Waals surface area contributed by atoms with E-state index in [1.54, 1.807) is 0 Å². The molecule has 1 spiro atoms. The fourth-order valence-electron chi connectivity index (χ4n) is 4.75. The van der Waals surface area contributed by atoms with E-state index >= 15 is 0 Å². The summed E-state index contributed by atoms with van der Waals surface area (Å²) in [5.41, 5.74) is 2.71. The zero-order valence-corrected chi connectivity index (χ0v) is 16.3. The molecule has 2 aliphatic rings. The molecule has 1 aromatic heterocycles. The van der Waals surface area contributed by atoms with Crippen molar-refractivity contribution in [2.24, 2.45) is 5.41 Å². The van der Waals surface area contributed by atoms with Gasteiger partial charge in [0.1, 0.15) is 0 Å². The summed E-state index contributed by atoms with van der Waals surface area (Å²) in [4.78, 5) is 17.2. The summed E-state index contributed by atoms with van der Waals surface area (Å²) >= 11 is 0. The Hall–Kier alpha value is -2.14. The van der Waals surface area contributed by atoms with Gasteiger partial charge in [0.05, 0.1) is 6.54 Å². The van der Waals surface area contributed by atoms with Crippen LogP contribution in [0, 0.1) is 12.3 Å². The molecule has 0 N–H and O–H groups in total. The average Bonchev–Trinajstić information content (AvgIpc) is 3.09. The fraction of sp³-hybridized carbons (Fsp3) is 0.545. The van der Waals surface area contributed by atoms with Gasteiger partial charge in [-0.1, -0.05) is 30.3 Å². The van der Waals surface area contributed by atoms with Gasteiger partial charge in [-0.25, -0.2) is 0 Å². The van der Waals surface area contributed by atoms with E-state index in [4.69, 9.17) is 0 Å². The third-order valence-electron chi connectivity index (χ3n) is 6.26. The second-order valence-corrected chi connectivity index (χ2v) is 8.31. The number of carbonyl (C=O) groups excluding carboxylic acids is 1. The van der Waals surface area contributed by atoms with Crippen molar-refractivity contribution in [2.45, 2.75) is 45.7 Å². The van der Waals surface area contributed by atoms with E-state index in [0.29, 0.717) is 12.3 Å². The molecule has 5 nitrogen and oxygen atoms in total. The molecule has 2 saturated heterocycles. The highest BCUT2D eigenvalue weighted by Crippen LogP contribution is 2.39. The molecule has 0 unspecified atom stereocenters. The lowest BCUT2D eigenvalue weighted by atomic mass is 9.73. The van der Waals surface area contributed by atoms with Crippen molar-refractivity contribution in [1.82, 2.24) is 19.6 Å². The van der Waals surface area contributed by atoms with Gasteiger partial charge >= 0.3 is 0 Å². The highest BCUT2D eigenvalue weighted by atomic mass is 16.2. The Bertz CT molecular complexity index is 772. The molecule has 144 valence electrons. The Morgan fingerprint density at radius 3 is 2.70 bits per heavy atom. The Labute approximate surface area is 162 Å². The van der Waals surface area contributed by atoms with Gasteiger partial charge in [-0.2, -0.15) is 5.10 Å². The number of aromatic nitrogens is 2. The Kier molecular flexibility index (Phi) is 5.30. The van der Waals surface area contributed by atoms with Gasteiger partial charge in [-0.15, -0.1) is 0 Å². The Morgan fingerprint density at radius 1 is 1.07 bits per heavy atom. The van der Waals surface area contributed by atoms with Crippen LogP contribution in [0.2, 0.25) is 0 Å². The maximum absolute atomic E-state index is 12.5. The molecule has 0 saturated carbocycles. The minimum Gasteiger partial charge on any atom is -0.338 e. The molecular weight excluding hydrogens is 336 g/mol. The van der Waals surface area contributed by atoms with Crippen molar-refractivity contribution >= 4 is 5.91 Å². The van der Waals surface area contributed by atoms with Crippen molar-refractivity contribution in [2.75, 3.05) is 26.2 Å². The predicted octanol–water partition coefficient (Wildman–Crippen LogP) is 3.10. The first-order valence-electron chi connectivity index (χ1n) is 10.2. The standard InChI is InChI=1S/C22H30N4O/c1-19-9-12-23-26(19)15-14-24-13-5-10-22(17-24)11-8-21(27)25(18-22)16-20-6-3-2-4-7-20/h2-4,6-7,9,12H,5,8,10-11,13-18H2,1H3/t22-/m0/s1. The highest BCUT2D eigenvalue weighted by molar-refractivity contribution is 5.77. The van der Waals surface area contributed by atoms with E-state index in [-0.39, 0.29) is 5.41 Å². The molecule has 5 heteroatoms. The van der Waals surface area contributed by atoms with Gasteiger partial charge in [-0.3, -0.25) is 9.48 Å². The Morgan fingerprint density at radius 2 is 1.93 bits per heavy atom. The molecular formula is C22H30N4O. The van der Waals surface area contributed by atoms with Gasteiger partial charge in [0, 0.05) is 49.9 Å². The van der Waals surface area contributed by atoms with Crippen molar-refractivity contribution in [3.05, 3.63) is 53.9 Å². The minimum absolute atomic E-state index is 0.264. The highest BCUT2D eigenvalue weighted by Gasteiger charge is 2.41. The summed E-state index contributed by atoms with van der Waals surface area (Å²) in [5, 5.41) is 4.41. The third-order valence-corrected chi connectivity index (χ3v) is 6.26. The van der Waals surface area contributed by atoms with Crippen molar-refractivity contribution in [1.29, 1.82) is 0 Å². The largest absolute Gasteiger partial charge is 0.338 e. The van der Waals surface area contributed by atoms with Crippen LogP contribution < -0.4 is 0 Å². The number of benzene rings is 1. The van der Waals surface area contributed by atoms with Gasteiger partial charge in [0.25, 0.3) is 0 Å². The molecule has 1 atom stereocenters. The first kappa shape index (κ1) is 18.2. The second kappa shape index (κ2) is 7.85. The van der Waals surface area contributed by atoms with Crippen molar-refractivity contribution < 1.29 is 4.79 Å². The van der Waals surface area contributed by atoms with Crippen LogP contribution in [-0.4, -0.2) is 51.7 Å². The van der Waals surface area contributed by atoms with Crippen LogP contribution in [0.1, 0.15) is 36.9 Å². The molecule has 3 heterocycles. The van der Waals surface area contributed by atoms with Crippen LogP contribution in [0.3, 0.4) is 0 Å². The lowest BCUT2D eigenvalue weighted by Crippen LogP contribution is -2.54. The van der Waals surface area contributed by atoms with Gasteiger partial charge < -0.3 is 9.80 Å². The van der Waals surface area contributed by atoms with E-state index in [1.807, 2.05) is 12.3 Å². The minimum atomic E-state index is 0.264. The zero-order valence-electron chi connectivity index (χ0n) is 16.3. The van der Waals surface area contributed by atoms with Gasteiger partial charge in [0.2, 0.25) is 5.91 Å². The second-order valence-electron chi connectivity index (χ2n) is 8.31. The van der Waals surface area contributed by atoms with Crippen LogP contribution in [0.5, 0.6) is 0 Å². The zero-order chi connectivity index (χ0) is 18.7. The molecule has 1 amide bonds. The normalized spacial score (nSPS) is 23.9. The maximum Gasteiger partial charge on any atom is 0.222 e. The lowest BCUT2D eigenvalue weighted by Gasteiger charge is -2.48. The summed E-state index contributed by atoms with van der Waals surface area (Å²) in [6.45, 7) is 8.00. The molecule has 0 aliphatic carbocycles. The number of hydrogen-bond donors (Lipinski definition) is 0.